The maximum Gasteiger partial charge on any atom is 0.0642 e. The van der Waals surface area contributed by atoms with Gasteiger partial charge in [-0.15, -0.1) is 11.6 Å². The summed E-state index contributed by atoms with van der Waals surface area (Å²) in [7, 11) is 0. The average Bonchev–Trinajstić information content (AvgIpc) is 2.46. The van der Waals surface area contributed by atoms with Crippen molar-refractivity contribution in [3.8, 4) is 0 Å². The van der Waals surface area contributed by atoms with E-state index in [4.69, 9.17) is 23.2 Å². The van der Waals surface area contributed by atoms with Crippen LogP contribution in [-0.4, -0.2) is 6.54 Å². The van der Waals surface area contributed by atoms with Crippen LogP contribution in [0.15, 0.2) is 42.5 Å². The molecule has 19 heavy (non-hydrogen) atoms. The molecular formula is C16H15Cl2N. The molecule has 0 aromatic heterocycles. The molecule has 98 valence electrons. The number of hydrogen-bond donors (Lipinski definition) is 0. The summed E-state index contributed by atoms with van der Waals surface area (Å²) in [6, 6.07) is 14.7. The van der Waals surface area contributed by atoms with E-state index in [1.54, 1.807) is 0 Å². The quantitative estimate of drug-likeness (QED) is 0.729. The lowest BCUT2D eigenvalue weighted by Gasteiger charge is -2.31. The molecule has 0 unspecified atom stereocenters. The van der Waals surface area contributed by atoms with E-state index in [-0.39, 0.29) is 0 Å². The molecule has 0 amide bonds. The zero-order chi connectivity index (χ0) is 13.2. The van der Waals surface area contributed by atoms with Crippen molar-refractivity contribution < 1.29 is 0 Å². The Labute approximate surface area is 123 Å². The minimum absolute atomic E-state index is 0.503. The second kappa shape index (κ2) is 5.44. The molecular weight excluding hydrogens is 277 g/mol. The first-order valence-electron chi connectivity index (χ1n) is 6.44. The van der Waals surface area contributed by atoms with E-state index in [1.165, 1.54) is 11.1 Å². The highest BCUT2D eigenvalue weighted by atomic mass is 35.5. The van der Waals surface area contributed by atoms with Gasteiger partial charge in [0.25, 0.3) is 0 Å². The first-order chi connectivity index (χ1) is 9.28. The summed E-state index contributed by atoms with van der Waals surface area (Å²) < 4.78 is 0. The molecule has 1 nitrogen and oxygen atoms in total. The molecule has 2 aromatic carbocycles. The normalized spacial score (nSPS) is 14.3. The average molecular weight is 292 g/mol. The zero-order valence-corrected chi connectivity index (χ0v) is 12.1. The molecule has 3 rings (SSSR count). The SMILES string of the molecule is ClCc1ccc(N2CCc3ccccc3C2)c(Cl)c1. The molecule has 0 saturated carbocycles. The molecule has 1 aliphatic heterocycles. The molecule has 2 aromatic rings. The molecule has 0 atom stereocenters. The Kier molecular flexibility index (Phi) is 3.67. The molecule has 0 spiro atoms. The number of anilines is 1. The van der Waals surface area contributed by atoms with Crippen LogP contribution in [0.25, 0.3) is 0 Å². The van der Waals surface area contributed by atoms with E-state index < -0.39 is 0 Å². The minimum atomic E-state index is 0.503. The fourth-order valence-corrected chi connectivity index (χ4v) is 3.08. The van der Waals surface area contributed by atoms with Crippen molar-refractivity contribution in [2.45, 2.75) is 18.8 Å². The van der Waals surface area contributed by atoms with Gasteiger partial charge in [-0.2, -0.15) is 0 Å². The van der Waals surface area contributed by atoms with Crippen LogP contribution in [0.3, 0.4) is 0 Å². The first kappa shape index (κ1) is 12.8. The minimum Gasteiger partial charge on any atom is -0.366 e. The highest BCUT2D eigenvalue weighted by Crippen LogP contribution is 2.31. The summed E-state index contributed by atoms with van der Waals surface area (Å²) in [5, 5.41) is 0.789. The largest absolute Gasteiger partial charge is 0.366 e. The number of hydrogen-bond acceptors (Lipinski definition) is 1. The van der Waals surface area contributed by atoms with Gasteiger partial charge in [0.05, 0.1) is 10.7 Å². The van der Waals surface area contributed by atoms with Gasteiger partial charge in [-0.3, -0.25) is 0 Å². The van der Waals surface area contributed by atoms with Crippen LogP contribution >= 0.6 is 23.2 Å². The van der Waals surface area contributed by atoms with Crippen molar-refractivity contribution in [2.24, 2.45) is 0 Å². The van der Waals surface area contributed by atoms with E-state index >= 15 is 0 Å². The first-order valence-corrected chi connectivity index (χ1v) is 7.35. The van der Waals surface area contributed by atoms with Gasteiger partial charge in [0, 0.05) is 19.0 Å². The molecule has 3 heteroatoms. The van der Waals surface area contributed by atoms with E-state index in [1.807, 2.05) is 6.07 Å². The maximum atomic E-state index is 6.37. The van der Waals surface area contributed by atoms with Gasteiger partial charge in [-0.05, 0) is 35.2 Å². The third-order valence-electron chi connectivity index (χ3n) is 3.64. The number of rotatable bonds is 2. The second-order valence-electron chi connectivity index (χ2n) is 4.86. The van der Waals surface area contributed by atoms with Crippen molar-refractivity contribution in [1.29, 1.82) is 0 Å². The smallest absolute Gasteiger partial charge is 0.0642 e. The van der Waals surface area contributed by atoms with Gasteiger partial charge >= 0.3 is 0 Å². The van der Waals surface area contributed by atoms with E-state index in [2.05, 4.69) is 41.3 Å². The number of alkyl halides is 1. The van der Waals surface area contributed by atoms with E-state index in [0.717, 1.165) is 35.8 Å². The van der Waals surface area contributed by atoms with Crippen molar-refractivity contribution in [3.63, 3.8) is 0 Å². The van der Waals surface area contributed by atoms with E-state index in [0.29, 0.717) is 5.88 Å². The lowest BCUT2D eigenvalue weighted by Crippen LogP contribution is -2.30. The fourth-order valence-electron chi connectivity index (χ4n) is 2.59. The molecule has 0 radical (unpaired) electrons. The van der Waals surface area contributed by atoms with Gasteiger partial charge < -0.3 is 4.90 Å². The summed E-state index contributed by atoms with van der Waals surface area (Å²) >= 11 is 12.2. The molecule has 0 bridgehead atoms. The number of nitrogens with zero attached hydrogens (tertiary/aromatic N) is 1. The lowest BCUT2D eigenvalue weighted by molar-refractivity contribution is 0.732. The maximum absolute atomic E-state index is 6.37. The summed E-state index contributed by atoms with van der Waals surface area (Å²) in [6.07, 6.45) is 1.07. The monoisotopic (exact) mass is 291 g/mol. The molecule has 0 aliphatic carbocycles. The summed E-state index contributed by atoms with van der Waals surface area (Å²) in [4.78, 5) is 2.34. The van der Waals surface area contributed by atoms with Crippen LogP contribution in [0.2, 0.25) is 5.02 Å². The topological polar surface area (TPSA) is 3.24 Å². The van der Waals surface area contributed by atoms with Crippen LogP contribution in [0.1, 0.15) is 16.7 Å². The predicted octanol–water partition coefficient (Wildman–Crippen LogP) is 4.64. The Bertz CT molecular complexity index is 595. The summed E-state index contributed by atoms with van der Waals surface area (Å²) in [5.74, 6) is 0.503. The fraction of sp³-hybridized carbons (Fsp3) is 0.250. The molecule has 1 aliphatic rings. The van der Waals surface area contributed by atoms with Gasteiger partial charge in [-0.25, -0.2) is 0 Å². The Balaban J connectivity index is 1.89. The molecule has 0 fully saturated rings. The molecule has 1 heterocycles. The van der Waals surface area contributed by atoms with Crippen molar-refractivity contribution in [2.75, 3.05) is 11.4 Å². The number of halogens is 2. The Hall–Kier alpha value is -1.18. The van der Waals surface area contributed by atoms with Crippen molar-refractivity contribution in [1.82, 2.24) is 0 Å². The predicted molar refractivity (Wildman–Crippen MR) is 82.2 cm³/mol. The molecule has 0 saturated heterocycles. The second-order valence-corrected chi connectivity index (χ2v) is 5.53. The molecule has 0 N–H and O–H groups in total. The van der Waals surface area contributed by atoms with Crippen LogP contribution in [-0.2, 0) is 18.8 Å². The van der Waals surface area contributed by atoms with Gasteiger partial charge in [0.2, 0.25) is 0 Å². The van der Waals surface area contributed by atoms with Crippen molar-refractivity contribution >= 4 is 28.9 Å². The van der Waals surface area contributed by atoms with Crippen LogP contribution < -0.4 is 4.90 Å². The third-order valence-corrected chi connectivity index (χ3v) is 4.25. The Morgan fingerprint density at radius 3 is 2.58 bits per heavy atom. The van der Waals surface area contributed by atoms with Gasteiger partial charge in [0.15, 0.2) is 0 Å². The number of fused-ring (bicyclic) bond motifs is 1. The Morgan fingerprint density at radius 2 is 1.84 bits per heavy atom. The van der Waals surface area contributed by atoms with E-state index in [9.17, 15) is 0 Å². The van der Waals surface area contributed by atoms with Crippen LogP contribution in [0, 0.1) is 0 Å². The highest BCUT2D eigenvalue weighted by molar-refractivity contribution is 6.33. The standard InChI is InChI=1S/C16H15Cl2N/c17-10-12-5-6-16(15(18)9-12)19-8-7-13-3-1-2-4-14(13)11-19/h1-6,9H,7-8,10-11H2. The van der Waals surface area contributed by atoms with Gasteiger partial charge in [-0.1, -0.05) is 41.9 Å². The van der Waals surface area contributed by atoms with Gasteiger partial charge in [0.1, 0.15) is 0 Å². The lowest BCUT2D eigenvalue weighted by atomic mass is 9.99. The summed E-state index contributed by atoms with van der Waals surface area (Å²) in [5.41, 5.74) is 5.01. The van der Waals surface area contributed by atoms with Crippen molar-refractivity contribution in [3.05, 3.63) is 64.2 Å². The Morgan fingerprint density at radius 1 is 1.05 bits per heavy atom. The van der Waals surface area contributed by atoms with Crippen LogP contribution in [0.5, 0.6) is 0 Å². The third kappa shape index (κ3) is 2.58. The highest BCUT2D eigenvalue weighted by Gasteiger charge is 2.17. The van der Waals surface area contributed by atoms with Crippen LogP contribution in [0.4, 0.5) is 5.69 Å². The zero-order valence-electron chi connectivity index (χ0n) is 10.6. The summed E-state index contributed by atoms with van der Waals surface area (Å²) in [6.45, 7) is 1.94. The number of benzene rings is 2.